The second kappa shape index (κ2) is 10.2. The standard InChI is InChI=1S/C25H27F4N5O/c1-16-19(3-2-18-10-17(13-30)11-21(16)18)15-33-8-5-20(6-9-33)34-22(4-7-25(27,28)29)31-14-23(34)32-24(35)12-26/h2-3,11,14,20H,4-10,12,15H2,1H3,(H,32,35). The van der Waals surface area contributed by atoms with E-state index in [2.05, 4.69) is 40.3 Å². The van der Waals surface area contributed by atoms with E-state index in [1.807, 2.05) is 6.08 Å². The minimum absolute atomic E-state index is 0.144. The number of benzene rings is 1. The van der Waals surface area contributed by atoms with Crippen LogP contribution in [0.1, 0.15) is 53.4 Å². The normalized spacial score (nSPS) is 16.6. The van der Waals surface area contributed by atoms with E-state index in [4.69, 9.17) is 0 Å². The predicted octanol–water partition coefficient (Wildman–Crippen LogP) is 4.89. The van der Waals surface area contributed by atoms with Crippen LogP contribution in [-0.4, -0.2) is 46.3 Å². The van der Waals surface area contributed by atoms with Gasteiger partial charge >= 0.3 is 6.18 Å². The highest BCUT2D eigenvalue weighted by Crippen LogP contribution is 2.33. The predicted molar refractivity (Wildman–Crippen MR) is 123 cm³/mol. The molecule has 1 fully saturated rings. The monoisotopic (exact) mass is 489 g/mol. The van der Waals surface area contributed by atoms with Gasteiger partial charge in [0, 0.05) is 44.1 Å². The van der Waals surface area contributed by atoms with Gasteiger partial charge in [-0.05, 0) is 48.1 Å². The Hall–Kier alpha value is -3.19. The molecular formula is C25H27F4N5O. The first-order valence-corrected chi connectivity index (χ1v) is 11.6. The second-order valence-electron chi connectivity index (χ2n) is 9.11. The Morgan fingerprint density at radius 3 is 2.69 bits per heavy atom. The highest BCUT2D eigenvalue weighted by molar-refractivity contribution is 5.90. The van der Waals surface area contributed by atoms with Crippen LogP contribution < -0.4 is 5.32 Å². The van der Waals surface area contributed by atoms with E-state index in [9.17, 15) is 27.6 Å². The minimum atomic E-state index is -4.32. The number of piperidine rings is 1. The molecular weight excluding hydrogens is 462 g/mol. The number of fused-ring (bicyclic) bond motifs is 1. The topological polar surface area (TPSA) is 73.9 Å². The molecule has 10 heteroatoms. The molecule has 0 radical (unpaired) electrons. The third-order valence-corrected chi connectivity index (χ3v) is 6.77. The molecule has 0 bridgehead atoms. The molecule has 1 N–H and O–H groups in total. The quantitative estimate of drug-likeness (QED) is 0.562. The average molecular weight is 490 g/mol. The molecule has 1 saturated heterocycles. The molecule has 0 unspecified atom stereocenters. The maximum Gasteiger partial charge on any atom is 0.389 e. The first-order valence-electron chi connectivity index (χ1n) is 11.6. The molecule has 0 saturated carbocycles. The Kier molecular flexibility index (Phi) is 7.26. The average Bonchev–Trinajstić information content (AvgIpc) is 3.44. The lowest BCUT2D eigenvalue weighted by atomic mass is 9.97. The Bertz CT molecular complexity index is 1170. The molecule has 0 spiro atoms. The van der Waals surface area contributed by atoms with Gasteiger partial charge < -0.3 is 9.88 Å². The smallest absolute Gasteiger partial charge is 0.312 e. The third kappa shape index (κ3) is 5.73. The van der Waals surface area contributed by atoms with E-state index in [-0.39, 0.29) is 24.1 Å². The fraction of sp³-hybridized carbons (Fsp3) is 0.480. The number of allylic oxidation sites excluding steroid dienone is 1. The summed E-state index contributed by atoms with van der Waals surface area (Å²) in [5.74, 6) is -0.381. The van der Waals surface area contributed by atoms with Crippen molar-refractivity contribution in [3.05, 3.63) is 52.0 Å². The van der Waals surface area contributed by atoms with Crippen molar-refractivity contribution in [2.45, 2.75) is 57.8 Å². The van der Waals surface area contributed by atoms with Crippen molar-refractivity contribution < 1.29 is 22.4 Å². The van der Waals surface area contributed by atoms with Crippen LogP contribution in [0.15, 0.2) is 23.9 Å². The van der Waals surface area contributed by atoms with Crippen LogP contribution >= 0.6 is 0 Å². The summed E-state index contributed by atoms with van der Waals surface area (Å²) in [7, 11) is 0. The van der Waals surface area contributed by atoms with Crippen LogP contribution in [0.25, 0.3) is 6.08 Å². The van der Waals surface area contributed by atoms with Crippen LogP contribution in [0.5, 0.6) is 0 Å². The lowest BCUT2D eigenvalue weighted by Crippen LogP contribution is -2.35. The van der Waals surface area contributed by atoms with E-state index < -0.39 is 25.2 Å². The Balaban J connectivity index is 1.46. The summed E-state index contributed by atoms with van der Waals surface area (Å²) in [4.78, 5) is 18.0. The molecule has 1 aromatic carbocycles. The number of likely N-dealkylation sites (tertiary alicyclic amines) is 1. The maximum atomic E-state index is 12.8. The van der Waals surface area contributed by atoms with Gasteiger partial charge in [0.05, 0.1) is 18.7 Å². The van der Waals surface area contributed by atoms with Gasteiger partial charge in [0.25, 0.3) is 5.91 Å². The van der Waals surface area contributed by atoms with Gasteiger partial charge in [0.15, 0.2) is 6.67 Å². The van der Waals surface area contributed by atoms with E-state index >= 15 is 0 Å². The molecule has 2 aliphatic rings. The molecule has 1 aliphatic carbocycles. The number of imidazole rings is 1. The molecule has 35 heavy (non-hydrogen) atoms. The van der Waals surface area contributed by atoms with Crippen molar-refractivity contribution >= 4 is 17.8 Å². The molecule has 4 rings (SSSR count). The zero-order valence-electron chi connectivity index (χ0n) is 19.5. The summed E-state index contributed by atoms with van der Waals surface area (Å²) in [6.07, 6.45) is -0.383. The lowest BCUT2D eigenvalue weighted by Gasteiger charge is -2.34. The van der Waals surface area contributed by atoms with E-state index in [0.717, 1.165) is 28.8 Å². The summed E-state index contributed by atoms with van der Waals surface area (Å²) >= 11 is 0. The molecule has 1 aromatic heterocycles. The van der Waals surface area contributed by atoms with Crippen molar-refractivity contribution in [2.75, 3.05) is 25.1 Å². The zero-order valence-corrected chi connectivity index (χ0v) is 19.5. The van der Waals surface area contributed by atoms with Crippen molar-refractivity contribution in [3.8, 4) is 6.07 Å². The third-order valence-electron chi connectivity index (χ3n) is 6.77. The number of rotatable bonds is 7. The molecule has 1 aliphatic heterocycles. The molecule has 1 amide bonds. The van der Waals surface area contributed by atoms with Gasteiger partial charge in [-0.25, -0.2) is 9.37 Å². The Morgan fingerprint density at radius 1 is 1.29 bits per heavy atom. The van der Waals surface area contributed by atoms with Gasteiger partial charge in [-0.15, -0.1) is 0 Å². The number of hydrogen-bond donors (Lipinski definition) is 1. The van der Waals surface area contributed by atoms with Gasteiger partial charge in [-0.1, -0.05) is 12.1 Å². The molecule has 0 atom stereocenters. The first kappa shape index (κ1) is 24.9. The number of carbonyl (C=O) groups is 1. The number of halogens is 4. The van der Waals surface area contributed by atoms with Crippen molar-refractivity contribution in [1.29, 1.82) is 5.26 Å². The van der Waals surface area contributed by atoms with Gasteiger partial charge in [0.2, 0.25) is 0 Å². The fourth-order valence-corrected chi connectivity index (χ4v) is 4.95. The molecule has 6 nitrogen and oxygen atoms in total. The molecule has 2 heterocycles. The number of nitrogens with one attached hydrogen (secondary N) is 1. The fourth-order valence-electron chi connectivity index (χ4n) is 4.95. The van der Waals surface area contributed by atoms with Crippen LogP contribution in [-0.2, 0) is 24.2 Å². The van der Waals surface area contributed by atoms with Crippen molar-refractivity contribution in [2.24, 2.45) is 0 Å². The number of carbonyl (C=O) groups excluding carboxylic acids is 1. The van der Waals surface area contributed by atoms with Gasteiger partial charge in [-0.3, -0.25) is 9.69 Å². The summed E-state index contributed by atoms with van der Waals surface area (Å²) in [6.45, 7) is 3.02. The van der Waals surface area contributed by atoms with Gasteiger partial charge in [-0.2, -0.15) is 18.4 Å². The van der Waals surface area contributed by atoms with Crippen molar-refractivity contribution in [1.82, 2.24) is 14.5 Å². The zero-order chi connectivity index (χ0) is 25.2. The summed E-state index contributed by atoms with van der Waals surface area (Å²) < 4.78 is 52.9. The number of amides is 1. The van der Waals surface area contributed by atoms with E-state index in [1.54, 1.807) is 4.57 Å². The number of nitriles is 1. The molecule has 186 valence electrons. The lowest BCUT2D eigenvalue weighted by molar-refractivity contribution is -0.134. The van der Waals surface area contributed by atoms with Crippen LogP contribution in [0.4, 0.5) is 23.4 Å². The Labute approximate surface area is 201 Å². The van der Waals surface area contributed by atoms with E-state index in [0.29, 0.717) is 32.4 Å². The Morgan fingerprint density at radius 2 is 2.03 bits per heavy atom. The summed E-state index contributed by atoms with van der Waals surface area (Å²) in [5.41, 5.74) is 5.39. The number of aromatic nitrogens is 2. The molecule has 2 aromatic rings. The number of hydrogen-bond acceptors (Lipinski definition) is 4. The second-order valence-corrected chi connectivity index (χ2v) is 9.11. The largest absolute Gasteiger partial charge is 0.389 e. The SMILES string of the molecule is Cc1c(CN2CCC(n3c(NC(=O)CF)cnc3CCC(F)(F)F)CC2)ccc2c1C=C(C#N)C2. The summed E-state index contributed by atoms with van der Waals surface area (Å²) in [5, 5.41) is 11.6. The number of nitrogens with zero attached hydrogens (tertiary/aromatic N) is 4. The van der Waals surface area contributed by atoms with Gasteiger partial charge in [0.1, 0.15) is 11.6 Å². The highest BCUT2D eigenvalue weighted by Gasteiger charge is 2.30. The highest BCUT2D eigenvalue weighted by atomic mass is 19.4. The summed E-state index contributed by atoms with van der Waals surface area (Å²) in [6, 6.07) is 6.26. The maximum absolute atomic E-state index is 12.8. The van der Waals surface area contributed by atoms with Crippen molar-refractivity contribution in [3.63, 3.8) is 0 Å². The van der Waals surface area contributed by atoms with Crippen LogP contribution in [0.2, 0.25) is 0 Å². The number of aryl methyl sites for hydroxylation is 1. The number of alkyl halides is 4. The van der Waals surface area contributed by atoms with Crippen LogP contribution in [0.3, 0.4) is 0 Å². The minimum Gasteiger partial charge on any atom is -0.312 e. The van der Waals surface area contributed by atoms with E-state index in [1.165, 1.54) is 11.8 Å². The number of anilines is 1. The van der Waals surface area contributed by atoms with Crippen LogP contribution in [0, 0.1) is 18.3 Å². The first-order chi connectivity index (χ1) is 16.7.